The molecule has 0 aliphatic rings. The lowest BCUT2D eigenvalue weighted by Crippen LogP contribution is -2.16. The molecule has 0 spiro atoms. The third-order valence-corrected chi connectivity index (χ3v) is 2.85. The third kappa shape index (κ3) is 7.22. The van der Waals surface area contributed by atoms with Crippen molar-refractivity contribution in [2.45, 2.75) is 25.9 Å². The van der Waals surface area contributed by atoms with Crippen molar-refractivity contribution in [3.63, 3.8) is 0 Å². The highest BCUT2D eigenvalue weighted by atomic mass is 16.5. The third-order valence-electron chi connectivity index (χ3n) is 2.85. The summed E-state index contributed by atoms with van der Waals surface area (Å²) in [5.41, 5.74) is 6.20. The fraction of sp³-hybridized carbons (Fsp3) is 0.400. The van der Waals surface area contributed by atoms with E-state index in [-0.39, 0.29) is 6.61 Å². The number of nitrogens with zero attached hydrogens (tertiary/aromatic N) is 1. The van der Waals surface area contributed by atoms with Crippen LogP contribution in [0.25, 0.3) is 0 Å². The maximum absolute atomic E-state index is 11.4. The highest BCUT2D eigenvalue weighted by Crippen LogP contribution is 2.07. The number of carbonyl (C=O) groups excluding carboxylic acids is 1. The van der Waals surface area contributed by atoms with E-state index < -0.39 is 18.0 Å². The van der Waals surface area contributed by atoms with Crippen LogP contribution >= 0.6 is 0 Å². The molecule has 6 nitrogen and oxygen atoms in total. The van der Waals surface area contributed by atoms with Gasteiger partial charge < -0.3 is 15.6 Å². The normalized spacial score (nSPS) is 12.2. The molecule has 0 saturated carbocycles. The molecule has 0 saturated heterocycles. The first-order valence-electron chi connectivity index (χ1n) is 6.81. The Hall–Kier alpha value is -2.21. The van der Waals surface area contributed by atoms with Gasteiger partial charge in [0.15, 0.2) is 0 Å². The number of aliphatic imine (C=N–C) groups is 1. The predicted octanol–water partition coefficient (Wildman–Crippen LogP) is 2.22. The first kappa shape index (κ1) is 16.8. The molecule has 0 aliphatic heterocycles. The molecule has 114 valence electrons. The van der Waals surface area contributed by atoms with Crippen LogP contribution in [0.4, 0.5) is 4.79 Å². The van der Waals surface area contributed by atoms with E-state index in [1.54, 1.807) is 0 Å². The van der Waals surface area contributed by atoms with Crippen molar-refractivity contribution < 1.29 is 19.4 Å². The van der Waals surface area contributed by atoms with Crippen LogP contribution in [-0.2, 0) is 16.1 Å². The van der Waals surface area contributed by atoms with Gasteiger partial charge in [0.25, 0.3) is 0 Å². The average molecular weight is 292 g/mol. The summed E-state index contributed by atoms with van der Waals surface area (Å²) in [5, 5.41) is 9.02. The number of nitrogens with two attached hydrogens (primary N) is 1. The van der Waals surface area contributed by atoms with Gasteiger partial charge >= 0.3 is 12.1 Å². The van der Waals surface area contributed by atoms with Crippen LogP contribution in [0, 0.1) is 5.92 Å². The topological polar surface area (TPSA) is 102 Å². The smallest absolute Gasteiger partial charge is 0.433 e. The van der Waals surface area contributed by atoms with Crippen LogP contribution in [0.1, 0.15) is 24.8 Å². The van der Waals surface area contributed by atoms with Crippen molar-refractivity contribution in [1.82, 2.24) is 0 Å². The number of aliphatic carboxylic acids is 1. The SMILES string of the molecule is NCCCCC(C=NC(=O)OCc1ccccc1)C(=O)O. The van der Waals surface area contributed by atoms with Crippen LogP contribution in [0.15, 0.2) is 35.3 Å². The lowest BCUT2D eigenvalue weighted by Gasteiger charge is -2.06. The highest BCUT2D eigenvalue weighted by Gasteiger charge is 2.15. The molecule has 6 heteroatoms. The number of ether oxygens (including phenoxy) is 1. The van der Waals surface area contributed by atoms with Gasteiger partial charge in [0.2, 0.25) is 0 Å². The Morgan fingerprint density at radius 1 is 1.29 bits per heavy atom. The molecule has 1 unspecified atom stereocenters. The number of carboxylic acids is 1. The predicted molar refractivity (Wildman–Crippen MR) is 79.2 cm³/mol. The molecular weight excluding hydrogens is 272 g/mol. The molecule has 1 aromatic carbocycles. The molecule has 1 aromatic rings. The summed E-state index contributed by atoms with van der Waals surface area (Å²) in [4.78, 5) is 26.0. The molecule has 0 heterocycles. The van der Waals surface area contributed by atoms with Gasteiger partial charge in [0, 0.05) is 6.21 Å². The second kappa shape index (κ2) is 9.66. The summed E-state index contributed by atoms with van der Waals surface area (Å²) in [5.74, 6) is -1.80. The molecule has 1 atom stereocenters. The molecular formula is C15H20N2O4. The van der Waals surface area contributed by atoms with Crippen LogP contribution in [0.2, 0.25) is 0 Å². The van der Waals surface area contributed by atoms with Gasteiger partial charge in [-0.3, -0.25) is 4.79 Å². The molecule has 0 radical (unpaired) electrons. The van der Waals surface area contributed by atoms with E-state index in [2.05, 4.69) is 4.99 Å². The van der Waals surface area contributed by atoms with Gasteiger partial charge in [0.05, 0.1) is 5.92 Å². The molecule has 1 amide bonds. The number of carboxylic acid groups (broad SMARTS) is 1. The van der Waals surface area contributed by atoms with Crippen molar-refractivity contribution in [3.8, 4) is 0 Å². The van der Waals surface area contributed by atoms with Crippen LogP contribution in [0.3, 0.4) is 0 Å². The standard InChI is InChI=1S/C15H20N2O4/c16-9-5-4-8-13(14(18)19)10-17-15(20)21-11-12-6-2-1-3-7-12/h1-3,6-7,10,13H,4-5,8-9,11,16H2,(H,18,19). The fourth-order valence-corrected chi connectivity index (χ4v) is 1.68. The Bertz CT molecular complexity index is 474. The number of hydrogen-bond donors (Lipinski definition) is 2. The Morgan fingerprint density at radius 3 is 2.62 bits per heavy atom. The molecule has 0 aliphatic carbocycles. The van der Waals surface area contributed by atoms with Crippen molar-refractivity contribution in [2.24, 2.45) is 16.6 Å². The lowest BCUT2D eigenvalue weighted by molar-refractivity contribution is -0.139. The minimum Gasteiger partial charge on any atom is -0.481 e. The van der Waals surface area contributed by atoms with Crippen molar-refractivity contribution in [1.29, 1.82) is 0 Å². The summed E-state index contributed by atoms with van der Waals surface area (Å²) in [7, 11) is 0. The number of benzene rings is 1. The number of unbranched alkanes of at least 4 members (excludes halogenated alkanes) is 1. The maximum Gasteiger partial charge on any atom is 0.433 e. The largest absolute Gasteiger partial charge is 0.481 e. The van der Waals surface area contributed by atoms with E-state index in [1.165, 1.54) is 0 Å². The molecule has 1 rings (SSSR count). The van der Waals surface area contributed by atoms with Crippen molar-refractivity contribution in [2.75, 3.05) is 6.54 Å². The highest BCUT2D eigenvalue weighted by molar-refractivity contribution is 5.92. The summed E-state index contributed by atoms with van der Waals surface area (Å²) in [6, 6.07) is 9.19. The van der Waals surface area contributed by atoms with E-state index in [4.69, 9.17) is 15.6 Å². The van der Waals surface area contributed by atoms with E-state index in [9.17, 15) is 9.59 Å². The van der Waals surface area contributed by atoms with Crippen LogP contribution in [-0.4, -0.2) is 29.9 Å². The quantitative estimate of drug-likeness (QED) is 0.565. The van der Waals surface area contributed by atoms with E-state index in [0.717, 1.165) is 18.2 Å². The number of hydrogen-bond acceptors (Lipinski definition) is 4. The van der Waals surface area contributed by atoms with E-state index >= 15 is 0 Å². The Morgan fingerprint density at radius 2 is 2.00 bits per heavy atom. The van der Waals surface area contributed by atoms with E-state index in [0.29, 0.717) is 19.4 Å². The molecule has 3 N–H and O–H groups in total. The summed E-state index contributed by atoms with van der Waals surface area (Å²) >= 11 is 0. The second-order valence-electron chi connectivity index (χ2n) is 4.55. The number of amides is 1. The zero-order chi connectivity index (χ0) is 15.5. The van der Waals surface area contributed by atoms with Gasteiger partial charge in [-0.25, -0.2) is 4.79 Å². The number of rotatable bonds is 8. The summed E-state index contributed by atoms with van der Waals surface area (Å²) < 4.78 is 4.93. The van der Waals surface area contributed by atoms with Gasteiger partial charge in [-0.05, 0) is 24.9 Å². The first-order valence-corrected chi connectivity index (χ1v) is 6.81. The summed E-state index contributed by atoms with van der Waals surface area (Å²) in [6.07, 6.45) is 2.17. The Balaban J connectivity index is 2.41. The van der Waals surface area contributed by atoms with Crippen LogP contribution < -0.4 is 5.73 Å². The van der Waals surface area contributed by atoms with Gasteiger partial charge in [0.1, 0.15) is 6.61 Å². The van der Waals surface area contributed by atoms with E-state index in [1.807, 2.05) is 30.3 Å². The fourth-order valence-electron chi connectivity index (χ4n) is 1.68. The van der Waals surface area contributed by atoms with Gasteiger partial charge in [-0.15, -0.1) is 0 Å². The van der Waals surface area contributed by atoms with Gasteiger partial charge in [-0.1, -0.05) is 36.8 Å². The maximum atomic E-state index is 11.4. The van der Waals surface area contributed by atoms with Gasteiger partial charge in [-0.2, -0.15) is 4.99 Å². The molecule has 21 heavy (non-hydrogen) atoms. The molecule has 0 fully saturated rings. The zero-order valence-corrected chi connectivity index (χ0v) is 11.8. The second-order valence-corrected chi connectivity index (χ2v) is 4.55. The van der Waals surface area contributed by atoms with Crippen molar-refractivity contribution >= 4 is 18.3 Å². The van der Waals surface area contributed by atoms with Crippen molar-refractivity contribution in [3.05, 3.63) is 35.9 Å². The Labute approximate surface area is 123 Å². The lowest BCUT2D eigenvalue weighted by atomic mass is 10.0. The minimum atomic E-state index is -1.01. The monoisotopic (exact) mass is 292 g/mol. The average Bonchev–Trinajstić information content (AvgIpc) is 2.49. The van der Waals surface area contributed by atoms with Crippen LogP contribution in [0.5, 0.6) is 0 Å². The first-order chi connectivity index (χ1) is 10.1. The number of carbonyl (C=O) groups is 2. The zero-order valence-electron chi connectivity index (χ0n) is 11.8. The minimum absolute atomic E-state index is 0.113. The Kier molecular flexibility index (Phi) is 7.74. The molecule has 0 aromatic heterocycles. The summed E-state index contributed by atoms with van der Waals surface area (Å²) in [6.45, 7) is 0.629. The molecule has 0 bridgehead atoms.